The van der Waals surface area contributed by atoms with Crippen molar-refractivity contribution in [3.8, 4) is 0 Å². The standard InChI is InChI=1S/C11H10N4OS/c12-11-14-8-7(3-6-1-2-17-5-6)4-13-9(8)10(16)15-11/h1-2,4-5,13H,3H2,(H3,12,14,15,16)/i4+2. The molecular formula is C11H10N4OS. The van der Waals surface area contributed by atoms with E-state index in [9.17, 15) is 4.79 Å². The van der Waals surface area contributed by atoms with Crippen LogP contribution in [0.1, 0.15) is 11.1 Å². The molecule has 4 N–H and O–H groups in total. The van der Waals surface area contributed by atoms with E-state index < -0.39 is 0 Å². The second-order valence-electron chi connectivity index (χ2n) is 3.80. The summed E-state index contributed by atoms with van der Waals surface area (Å²) in [7, 11) is 0. The fraction of sp³-hybridized carbons (Fsp3) is 0.0909. The number of hydrogen-bond acceptors (Lipinski definition) is 4. The first-order chi connectivity index (χ1) is 8.24. The van der Waals surface area contributed by atoms with E-state index in [1.54, 1.807) is 11.3 Å². The molecule has 0 saturated heterocycles. The van der Waals surface area contributed by atoms with Gasteiger partial charge in [-0.25, -0.2) is 4.98 Å². The summed E-state index contributed by atoms with van der Waals surface area (Å²) in [5.74, 6) is 0.147. The predicted molar refractivity (Wildman–Crippen MR) is 68.3 cm³/mol. The molecule has 0 bridgehead atoms. The summed E-state index contributed by atoms with van der Waals surface area (Å²) in [5.41, 5.74) is 8.63. The number of nitrogens with zero attached hydrogens (tertiary/aromatic N) is 1. The van der Waals surface area contributed by atoms with Crippen molar-refractivity contribution in [3.63, 3.8) is 0 Å². The van der Waals surface area contributed by atoms with E-state index in [1.807, 2.05) is 11.6 Å². The van der Waals surface area contributed by atoms with Crippen LogP contribution in [0.25, 0.3) is 11.0 Å². The van der Waals surface area contributed by atoms with Gasteiger partial charge in [0.25, 0.3) is 5.56 Å². The van der Waals surface area contributed by atoms with E-state index in [0.29, 0.717) is 11.0 Å². The maximum atomic E-state index is 11.6. The fourth-order valence-electron chi connectivity index (χ4n) is 1.83. The van der Waals surface area contributed by atoms with Crippen LogP contribution in [0.4, 0.5) is 5.95 Å². The first-order valence-electron chi connectivity index (χ1n) is 5.11. The van der Waals surface area contributed by atoms with Gasteiger partial charge in [0.05, 0.1) is 0 Å². The van der Waals surface area contributed by atoms with Crippen molar-refractivity contribution in [1.29, 1.82) is 0 Å². The molecule has 86 valence electrons. The summed E-state index contributed by atoms with van der Waals surface area (Å²) >= 11 is 1.65. The Morgan fingerprint density at radius 2 is 2.41 bits per heavy atom. The Morgan fingerprint density at radius 3 is 3.18 bits per heavy atom. The Labute approximate surface area is 100 Å². The molecule has 3 aromatic rings. The lowest BCUT2D eigenvalue weighted by Crippen LogP contribution is -2.11. The molecule has 0 aliphatic carbocycles. The zero-order valence-electron chi connectivity index (χ0n) is 8.86. The van der Waals surface area contributed by atoms with Crippen LogP contribution in [0.2, 0.25) is 0 Å². The first kappa shape index (κ1) is 10.1. The predicted octanol–water partition coefficient (Wildman–Crippen LogP) is 1.49. The molecule has 0 aliphatic heterocycles. The van der Waals surface area contributed by atoms with E-state index in [-0.39, 0.29) is 11.5 Å². The maximum absolute atomic E-state index is 11.6. The van der Waals surface area contributed by atoms with Gasteiger partial charge in [0, 0.05) is 18.2 Å². The van der Waals surface area contributed by atoms with Crippen LogP contribution in [0.15, 0.2) is 27.8 Å². The van der Waals surface area contributed by atoms with Crippen molar-refractivity contribution in [1.82, 2.24) is 15.0 Å². The Bertz CT molecular complexity index is 711. The zero-order chi connectivity index (χ0) is 11.8. The van der Waals surface area contributed by atoms with Crippen LogP contribution in [-0.4, -0.2) is 15.0 Å². The minimum atomic E-state index is -0.232. The highest BCUT2D eigenvalue weighted by molar-refractivity contribution is 7.07. The zero-order valence-corrected chi connectivity index (χ0v) is 9.67. The van der Waals surface area contributed by atoms with Crippen LogP contribution in [0.3, 0.4) is 0 Å². The number of anilines is 1. The minimum Gasteiger partial charge on any atom is -0.369 e. The lowest BCUT2D eigenvalue weighted by Gasteiger charge is -1.97. The van der Waals surface area contributed by atoms with Gasteiger partial charge in [0.15, 0.2) is 0 Å². The van der Waals surface area contributed by atoms with Crippen LogP contribution in [0.5, 0.6) is 0 Å². The number of hydrogen-bond donors (Lipinski definition) is 3. The number of H-pyrrole nitrogens is 2. The third kappa shape index (κ3) is 1.72. The highest BCUT2D eigenvalue weighted by Crippen LogP contribution is 2.18. The maximum Gasteiger partial charge on any atom is 0.276 e. The Kier molecular flexibility index (Phi) is 2.22. The van der Waals surface area contributed by atoms with Gasteiger partial charge in [-0.15, -0.1) is 0 Å². The van der Waals surface area contributed by atoms with Crippen LogP contribution >= 0.6 is 11.3 Å². The molecule has 0 amide bonds. The van der Waals surface area contributed by atoms with Crippen LogP contribution in [0, 0.1) is 0 Å². The molecule has 0 unspecified atom stereocenters. The second kappa shape index (κ2) is 3.74. The average Bonchev–Trinajstić information content (AvgIpc) is 2.89. The van der Waals surface area contributed by atoms with Crippen LogP contribution in [-0.2, 0) is 6.42 Å². The molecule has 0 aliphatic rings. The van der Waals surface area contributed by atoms with Gasteiger partial charge < -0.3 is 10.7 Å². The van der Waals surface area contributed by atoms with Crippen molar-refractivity contribution in [3.05, 3.63) is 44.5 Å². The van der Waals surface area contributed by atoms with E-state index in [0.717, 1.165) is 12.0 Å². The molecule has 0 fully saturated rings. The molecule has 0 aromatic carbocycles. The highest BCUT2D eigenvalue weighted by atomic mass is 32.1. The van der Waals surface area contributed by atoms with Gasteiger partial charge in [-0.2, -0.15) is 11.3 Å². The van der Waals surface area contributed by atoms with Crippen molar-refractivity contribution < 1.29 is 0 Å². The topological polar surface area (TPSA) is 87.6 Å². The average molecular weight is 248 g/mol. The summed E-state index contributed by atoms with van der Waals surface area (Å²) in [6.45, 7) is 0. The minimum absolute atomic E-state index is 0.147. The largest absolute Gasteiger partial charge is 0.369 e. The van der Waals surface area contributed by atoms with Gasteiger partial charge in [-0.1, -0.05) is 0 Å². The van der Waals surface area contributed by atoms with Crippen molar-refractivity contribution in [2.45, 2.75) is 6.42 Å². The molecular weight excluding hydrogens is 238 g/mol. The summed E-state index contributed by atoms with van der Waals surface area (Å²) in [6, 6.07) is 2.06. The molecule has 17 heavy (non-hydrogen) atoms. The Morgan fingerprint density at radius 1 is 1.53 bits per heavy atom. The van der Waals surface area contributed by atoms with Gasteiger partial charge >= 0.3 is 0 Å². The monoisotopic (exact) mass is 248 g/mol. The molecule has 0 radical (unpaired) electrons. The number of nitrogen functional groups attached to an aromatic ring is 1. The van der Waals surface area contributed by atoms with E-state index in [1.165, 1.54) is 5.56 Å². The number of nitrogens with one attached hydrogen (secondary N) is 2. The van der Waals surface area contributed by atoms with E-state index >= 15 is 0 Å². The summed E-state index contributed by atoms with van der Waals surface area (Å²) in [6.07, 6.45) is 2.56. The summed E-state index contributed by atoms with van der Waals surface area (Å²) in [4.78, 5) is 21.2. The molecule has 3 aromatic heterocycles. The first-order valence-corrected chi connectivity index (χ1v) is 6.05. The molecule has 6 heteroatoms. The second-order valence-corrected chi connectivity index (χ2v) is 4.58. The highest BCUT2D eigenvalue weighted by Gasteiger charge is 2.09. The van der Waals surface area contributed by atoms with Gasteiger partial charge in [0.2, 0.25) is 5.95 Å². The number of thiophene rings is 1. The number of fused-ring (bicyclic) bond motifs is 1. The smallest absolute Gasteiger partial charge is 0.276 e. The molecule has 3 rings (SSSR count). The lowest BCUT2D eigenvalue weighted by atomic mass is 10.2. The molecule has 0 spiro atoms. The Balaban J connectivity index is 2.15. The van der Waals surface area contributed by atoms with Gasteiger partial charge in [0.1, 0.15) is 11.0 Å². The Hall–Kier alpha value is -2.08. The van der Waals surface area contributed by atoms with E-state index in [4.69, 9.17) is 5.73 Å². The number of rotatable bonds is 2. The SMILES string of the molecule is Nc1nc2c(Cc3ccsc3)[14cH][nH]c2c(=O)[nH]1. The number of aromatic nitrogens is 3. The number of nitrogens with two attached hydrogens (primary N) is 1. The normalized spacial score (nSPS) is 11.1. The summed E-state index contributed by atoms with van der Waals surface area (Å²) in [5, 5.41) is 4.11. The molecule has 5 nitrogen and oxygen atoms in total. The van der Waals surface area contributed by atoms with Gasteiger partial charge in [-0.05, 0) is 22.4 Å². The molecule has 0 saturated carbocycles. The quantitative estimate of drug-likeness (QED) is 0.642. The van der Waals surface area contributed by atoms with Crippen molar-refractivity contribution in [2.75, 3.05) is 5.73 Å². The van der Waals surface area contributed by atoms with Crippen molar-refractivity contribution >= 4 is 28.3 Å². The third-order valence-electron chi connectivity index (χ3n) is 2.61. The third-order valence-corrected chi connectivity index (χ3v) is 3.34. The van der Waals surface area contributed by atoms with Crippen LogP contribution < -0.4 is 11.3 Å². The van der Waals surface area contributed by atoms with E-state index in [2.05, 4.69) is 26.4 Å². The lowest BCUT2D eigenvalue weighted by molar-refractivity contribution is 1.17. The molecule has 0 atom stereocenters. The van der Waals surface area contributed by atoms with Gasteiger partial charge in [-0.3, -0.25) is 9.78 Å². The van der Waals surface area contributed by atoms with Crippen molar-refractivity contribution in [2.24, 2.45) is 0 Å². The summed E-state index contributed by atoms with van der Waals surface area (Å²) < 4.78 is 0. The molecule has 3 heterocycles. The number of aromatic amines is 2. The fourth-order valence-corrected chi connectivity index (χ4v) is 2.50.